The number of anilines is 1. The molecule has 0 spiro atoms. The van der Waals surface area contributed by atoms with Crippen LogP contribution in [-0.4, -0.2) is 23.9 Å². The van der Waals surface area contributed by atoms with E-state index in [1.165, 1.54) is 31.4 Å². The summed E-state index contributed by atoms with van der Waals surface area (Å²) in [5, 5.41) is 2.67. The molecule has 2 saturated carbocycles. The van der Waals surface area contributed by atoms with Gasteiger partial charge in [-0.2, -0.15) is 0 Å². The van der Waals surface area contributed by atoms with Crippen molar-refractivity contribution in [3.63, 3.8) is 0 Å². The number of fused-ring (bicyclic) bond motifs is 2. The van der Waals surface area contributed by atoms with E-state index in [0.717, 1.165) is 12.3 Å². The summed E-state index contributed by atoms with van der Waals surface area (Å²) < 4.78 is 5.29. The summed E-state index contributed by atoms with van der Waals surface area (Å²) in [6, 6.07) is 6.23. The van der Waals surface area contributed by atoms with Gasteiger partial charge in [-0.05, 0) is 68.2 Å². The normalized spacial score (nSPS) is 25.4. The van der Waals surface area contributed by atoms with Gasteiger partial charge in [-0.1, -0.05) is 6.42 Å². The van der Waals surface area contributed by atoms with Crippen molar-refractivity contribution in [3.05, 3.63) is 29.8 Å². The number of esters is 1. The van der Waals surface area contributed by atoms with Crippen LogP contribution in [0, 0.1) is 17.8 Å². The average molecular weight is 344 g/mol. The number of amides is 2. The van der Waals surface area contributed by atoms with Crippen LogP contribution in [0.1, 0.15) is 49.4 Å². The first-order valence-corrected chi connectivity index (χ1v) is 8.82. The van der Waals surface area contributed by atoms with E-state index in [0.29, 0.717) is 29.5 Å². The molecule has 6 nitrogen and oxygen atoms in total. The van der Waals surface area contributed by atoms with Crippen LogP contribution in [0.4, 0.5) is 5.69 Å². The quantitative estimate of drug-likeness (QED) is 0.775. The van der Waals surface area contributed by atoms with E-state index in [2.05, 4.69) is 5.32 Å². The Morgan fingerprint density at radius 1 is 1.20 bits per heavy atom. The van der Waals surface area contributed by atoms with Gasteiger partial charge in [0.2, 0.25) is 5.91 Å². The number of hydrogen-bond acceptors (Lipinski definition) is 4. The zero-order valence-electron chi connectivity index (χ0n) is 14.4. The molecule has 1 aromatic carbocycles. The minimum Gasteiger partial charge on any atom is -0.453 e. The van der Waals surface area contributed by atoms with E-state index >= 15 is 0 Å². The highest BCUT2D eigenvalue weighted by Crippen LogP contribution is 2.49. The summed E-state index contributed by atoms with van der Waals surface area (Å²) in [4.78, 5) is 35.3. The van der Waals surface area contributed by atoms with Gasteiger partial charge in [0.05, 0.1) is 0 Å². The first kappa shape index (κ1) is 17.5. The van der Waals surface area contributed by atoms with Crippen LogP contribution in [0.25, 0.3) is 0 Å². The molecule has 2 fully saturated rings. The van der Waals surface area contributed by atoms with Crippen molar-refractivity contribution in [2.24, 2.45) is 23.5 Å². The Labute approximate surface area is 147 Å². The topological polar surface area (TPSA) is 98.5 Å². The number of primary amides is 1. The fourth-order valence-electron chi connectivity index (χ4n) is 4.10. The van der Waals surface area contributed by atoms with Crippen LogP contribution >= 0.6 is 0 Å². The highest BCUT2D eigenvalue weighted by molar-refractivity contribution is 5.96. The molecular formula is C19H24N2O4. The molecule has 0 radical (unpaired) electrons. The summed E-state index contributed by atoms with van der Waals surface area (Å²) in [6.07, 6.45) is 4.43. The molecule has 0 aliphatic heterocycles. The summed E-state index contributed by atoms with van der Waals surface area (Å²) >= 11 is 0. The Kier molecular flexibility index (Phi) is 5.06. The maximum atomic E-state index is 12.2. The molecule has 0 heterocycles. The largest absolute Gasteiger partial charge is 0.453 e. The summed E-state index contributed by atoms with van der Waals surface area (Å²) in [5.74, 6) is 0.637. The van der Waals surface area contributed by atoms with E-state index in [1.807, 2.05) is 0 Å². The number of nitrogens with one attached hydrogen (secondary N) is 1. The summed E-state index contributed by atoms with van der Waals surface area (Å²) in [6.45, 7) is 1.56. The number of nitrogens with two attached hydrogens (primary N) is 1. The van der Waals surface area contributed by atoms with E-state index in [-0.39, 0.29) is 5.97 Å². The third-order valence-corrected chi connectivity index (χ3v) is 5.43. The van der Waals surface area contributed by atoms with E-state index < -0.39 is 17.9 Å². The van der Waals surface area contributed by atoms with E-state index in [4.69, 9.17) is 10.5 Å². The molecule has 0 unspecified atom stereocenters. The number of ether oxygens (including phenoxy) is 1. The van der Waals surface area contributed by atoms with E-state index in [1.54, 1.807) is 19.1 Å². The Morgan fingerprint density at radius 2 is 1.92 bits per heavy atom. The Bertz CT molecular complexity index is 671. The van der Waals surface area contributed by atoms with Crippen LogP contribution in [0.2, 0.25) is 0 Å². The predicted octanol–water partition coefficient (Wildman–Crippen LogP) is 2.48. The Balaban J connectivity index is 1.46. The first-order chi connectivity index (χ1) is 11.9. The molecule has 1 aromatic rings. The molecule has 3 rings (SSSR count). The maximum Gasteiger partial charge on any atom is 0.306 e. The Morgan fingerprint density at radius 3 is 2.48 bits per heavy atom. The average Bonchev–Trinajstić information content (AvgIpc) is 3.17. The van der Waals surface area contributed by atoms with Gasteiger partial charge in [-0.25, -0.2) is 0 Å². The minimum atomic E-state index is -0.859. The second-order valence-electron chi connectivity index (χ2n) is 7.20. The van der Waals surface area contributed by atoms with E-state index in [9.17, 15) is 14.4 Å². The number of benzene rings is 1. The van der Waals surface area contributed by atoms with Gasteiger partial charge in [-0.15, -0.1) is 0 Å². The van der Waals surface area contributed by atoms with Crippen molar-refractivity contribution >= 4 is 23.5 Å². The molecule has 25 heavy (non-hydrogen) atoms. The fraction of sp³-hybridized carbons (Fsp3) is 0.526. The SMILES string of the molecule is C[C@@H](OC(=O)C[C@@H]1C[C@H]2CC[C@H]1C2)C(=O)Nc1ccc(C(N)=O)cc1. The summed E-state index contributed by atoms with van der Waals surface area (Å²) in [5.41, 5.74) is 6.06. The van der Waals surface area contributed by atoms with Gasteiger partial charge in [-0.3, -0.25) is 14.4 Å². The van der Waals surface area contributed by atoms with Gasteiger partial charge in [0.15, 0.2) is 6.10 Å². The highest BCUT2D eigenvalue weighted by atomic mass is 16.5. The molecule has 4 atom stereocenters. The lowest BCUT2D eigenvalue weighted by atomic mass is 9.86. The molecule has 2 aliphatic carbocycles. The number of carbonyl (C=O) groups is 3. The van der Waals surface area contributed by atoms with Crippen LogP contribution in [0.15, 0.2) is 24.3 Å². The van der Waals surface area contributed by atoms with Gasteiger partial charge < -0.3 is 15.8 Å². The maximum absolute atomic E-state index is 12.2. The standard InChI is InChI=1S/C19H24N2O4/c1-11(19(24)21-16-6-4-13(5-7-16)18(20)23)25-17(22)10-15-9-12-2-3-14(15)8-12/h4-7,11-12,14-15H,2-3,8-10H2,1H3,(H2,20,23)(H,21,24)/t11-,12+,14+,15+/m1/s1. The number of rotatable bonds is 6. The second-order valence-corrected chi connectivity index (χ2v) is 7.20. The van der Waals surface area contributed by atoms with Gasteiger partial charge in [0, 0.05) is 17.7 Å². The van der Waals surface area contributed by atoms with Crippen molar-refractivity contribution in [1.29, 1.82) is 0 Å². The molecule has 0 aromatic heterocycles. The van der Waals surface area contributed by atoms with Crippen molar-refractivity contribution in [3.8, 4) is 0 Å². The van der Waals surface area contributed by atoms with Crippen LogP contribution in [0.3, 0.4) is 0 Å². The molecule has 134 valence electrons. The van der Waals surface area contributed by atoms with Crippen LogP contribution < -0.4 is 11.1 Å². The lowest BCUT2D eigenvalue weighted by Gasteiger charge is -2.21. The van der Waals surface area contributed by atoms with Crippen molar-refractivity contribution in [2.45, 2.75) is 45.1 Å². The molecule has 6 heteroatoms. The van der Waals surface area contributed by atoms with Crippen molar-refractivity contribution in [1.82, 2.24) is 0 Å². The molecule has 2 amide bonds. The third-order valence-electron chi connectivity index (χ3n) is 5.43. The van der Waals surface area contributed by atoms with Gasteiger partial charge in [0.1, 0.15) is 0 Å². The monoisotopic (exact) mass is 344 g/mol. The third kappa shape index (κ3) is 4.18. The lowest BCUT2D eigenvalue weighted by Crippen LogP contribution is -2.31. The zero-order valence-corrected chi connectivity index (χ0v) is 14.4. The highest BCUT2D eigenvalue weighted by Gasteiger charge is 2.40. The van der Waals surface area contributed by atoms with Crippen molar-refractivity contribution < 1.29 is 19.1 Å². The predicted molar refractivity (Wildman–Crippen MR) is 92.7 cm³/mol. The van der Waals surface area contributed by atoms with Crippen molar-refractivity contribution in [2.75, 3.05) is 5.32 Å². The minimum absolute atomic E-state index is 0.302. The first-order valence-electron chi connectivity index (χ1n) is 8.82. The molecule has 2 aliphatic rings. The molecule has 2 bridgehead atoms. The van der Waals surface area contributed by atoms with Gasteiger partial charge in [0.25, 0.3) is 5.91 Å². The Hall–Kier alpha value is -2.37. The number of hydrogen-bond donors (Lipinski definition) is 2. The molecular weight excluding hydrogens is 320 g/mol. The molecule has 3 N–H and O–H groups in total. The molecule has 0 saturated heterocycles. The lowest BCUT2D eigenvalue weighted by molar-refractivity contribution is -0.154. The smallest absolute Gasteiger partial charge is 0.306 e. The fourth-order valence-corrected chi connectivity index (χ4v) is 4.10. The van der Waals surface area contributed by atoms with Gasteiger partial charge >= 0.3 is 5.97 Å². The van der Waals surface area contributed by atoms with Crippen LogP contribution in [-0.2, 0) is 14.3 Å². The summed E-state index contributed by atoms with van der Waals surface area (Å²) in [7, 11) is 0. The van der Waals surface area contributed by atoms with Crippen LogP contribution in [0.5, 0.6) is 0 Å². The number of carbonyl (C=O) groups excluding carboxylic acids is 3. The second kappa shape index (κ2) is 7.25. The zero-order chi connectivity index (χ0) is 18.0.